The number of rotatable bonds is 5. The highest BCUT2D eigenvalue weighted by Crippen LogP contribution is 2.13. The molecular weight excluding hydrogens is 236 g/mol. The summed E-state index contributed by atoms with van der Waals surface area (Å²) < 4.78 is 0. The molecule has 1 saturated heterocycles. The Labute approximate surface area is 115 Å². The SMILES string of the molecule is CC(=O)CCC(=NN1CCCCC1)c1ccccc1. The molecule has 0 aromatic heterocycles. The predicted octanol–water partition coefficient (Wildman–Crippen LogP) is 3.25. The van der Waals surface area contributed by atoms with Gasteiger partial charge in [0.15, 0.2) is 0 Å². The minimum Gasteiger partial charge on any atom is -0.300 e. The third-order valence-corrected chi connectivity index (χ3v) is 3.42. The zero-order chi connectivity index (χ0) is 13.5. The summed E-state index contributed by atoms with van der Waals surface area (Å²) in [6.07, 6.45) is 5.05. The van der Waals surface area contributed by atoms with Crippen molar-refractivity contribution in [1.82, 2.24) is 5.01 Å². The van der Waals surface area contributed by atoms with Gasteiger partial charge in [0.25, 0.3) is 0 Å². The van der Waals surface area contributed by atoms with E-state index < -0.39 is 0 Å². The number of hydrogen-bond acceptors (Lipinski definition) is 3. The summed E-state index contributed by atoms with van der Waals surface area (Å²) >= 11 is 0. The zero-order valence-corrected chi connectivity index (χ0v) is 11.6. The van der Waals surface area contributed by atoms with E-state index in [4.69, 9.17) is 5.10 Å². The first-order valence-electron chi connectivity index (χ1n) is 7.13. The first-order valence-corrected chi connectivity index (χ1v) is 7.13. The van der Waals surface area contributed by atoms with Gasteiger partial charge in [0.1, 0.15) is 5.78 Å². The molecule has 3 nitrogen and oxygen atoms in total. The molecule has 0 spiro atoms. The van der Waals surface area contributed by atoms with Crippen LogP contribution in [-0.2, 0) is 4.79 Å². The maximum Gasteiger partial charge on any atom is 0.130 e. The Morgan fingerprint density at radius 2 is 1.79 bits per heavy atom. The summed E-state index contributed by atoms with van der Waals surface area (Å²) in [6, 6.07) is 10.2. The highest BCUT2D eigenvalue weighted by Gasteiger charge is 2.11. The molecule has 0 saturated carbocycles. The number of ketones is 1. The summed E-state index contributed by atoms with van der Waals surface area (Å²) in [5.74, 6) is 0.224. The van der Waals surface area contributed by atoms with Crippen molar-refractivity contribution in [2.75, 3.05) is 13.1 Å². The Hall–Kier alpha value is -1.64. The molecule has 3 heteroatoms. The molecule has 0 N–H and O–H groups in total. The summed E-state index contributed by atoms with van der Waals surface area (Å²) in [5.41, 5.74) is 2.17. The summed E-state index contributed by atoms with van der Waals surface area (Å²) in [5, 5.41) is 6.93. The number of hydrogen-bond donors (Lipinski definition) is 0. The van der Waals surface area contributed by atoms with E-state index in [0.29, 0.717) is 6.42 Å². The maximum absolute atomic E-state index is 11.2. The molecule has 0 unspecified atom stereocenters. The molecule has 2 rings (SSSR count). The number of nitrogens with zero attached hydrogens (tertiary/aromatic N) is 2. The lowest BCUT2D eigenvalue weighted by Gasteiger charge is -2.25. The number of carbonyl (C=O) groups excluding carboxylic acids is 1. The second kappa shape index (κ2) is 7.07. The van der Waals surface area contributed by atoms with Gasteiger partial charge in [0, 0.05) is 19.5 Å². The van der Waals surface area contributed by atoms with Crippen LogP contribution < -0.4 is 0 Å². The Bertz CT molecular complexity index is 433. The van der Waals surface area contributed by atoms with Crippen LogP contribution >= 0.6 is 0 Å². The first kappa shape index (κ1) is 13.8. The van der Waals surface area contributed by atoms with E-state index in [1.165, 1.54) is 19.3 Å². The quantitative estimate of drug-likeness (QED) is 0.759. The van der Waals surface area contributed by atoms with Crippen LogP contribution in [0.1, 0.15) is 44.6 Å². The van der Waals surface area contributed by atoms with Gasteiger partial charge < -0.3 is 4.79 Å². The van der Waals surface area contributed by atoms with Gasteiger partial charge in [-0.05, 0) is 38.2 Å². The lowest BCUT2D eigenvalue weighted by atomic mass is 10.0. The molecule has 1 aromatic carbocycles. The lowest BCUT2D eigenvalue weighted by Crippen LogP contribution is -2.26. The zero-order valence-electron chi connectivity index (χ0n) is 11.6. The number of carbonyl (C=O) groups is 1. The first-order chi connectivity index (χ1) is 9.25. The molecule has 1 aliphatic heterocycles. The van der Waals surface area contributed by atoms with Crippen molar-refractivity contribution in [2.45, 2.75) is 39.0 Å². The average molecular weight is 258 g/mol. The molecule has 1 heterocycles. The van der Waals surface area contributed by atoms with E-state index in [0.717, 1.165) is 30.8 Å². The second-order valence-corrected chi connectivity index (χ2v) is 5.13. The van der Waals surface area contributed by atoms with Gasteiger partial charge in [-0.2, -0.15) is 5.10 Å². The lowest BCUT2D eigenvalue weighted by molar-refractivity contribution is -0.116. The van der Waals surface area contributed by atoms with Gasteiger partial charge in [-0.3, -0.25) is 5.01 Å². The Morgan fingerprint density at radius 1 is 1.11 bits per heavy atom. The van der Waals surface area contributed by atoms with Gasteiger partial charge >= 0.3 is 0 Å². The summed E-state index contributed by atoms with van der Waals surface area (Å²) in [4.78, 5) is 11.2. The fourth-order valence-electron chi connectivity index (χ4n) is 2.32. The van der Waals surface area contributed by atoms with Gasteiger partial charge in [-0.25, -0.2) is 0 Å². The molecule has 19 heavy (non-hydrogen) atoms. The van der Waals surface area contributed by atoms with E-state index >= 15 is 0 Å². The van der Waals surface area contributed by atoms with Crippen molar-refractivity contribution in [3.05, 3.63) is 35.9 Å². The van der Waals surface area contributed by atoms with E-state index in [1.54, 1.807) is 6.92 Å². The number of piperidine rings is 1. The molecular formula is C16H22N2O. The third kappa shape index (κ3) is 4.51. The normalized spacial score (nSPS) is 16.5. The Balaban J connectivity index is 2.13. The molecule has 1 fully saturated rings. The molecule has 0 radical (unpaired) electrons. The maximum atomic E-state index is 11.2. The van der Waals surface area contributed by atoms with Crippen LogP contribution in [0.2, 0.25) is 0 Å². The Kier molecular flexibility index (Phi) is 5.13. The smallest absolute Gasteiger partial charge is 0.130 e. The van der Waals surface area contributed by atoms with Crippen LogP contribution in [0, 0.1) is 0 Å². The standard InChI is InChI=1S/C16H22N2O/c1-14(19)10-11-16(15-8-4-2-5-9-15)17-18-12-6-3-7-13-18/h2,4-5,8-9H,3,6-7,10-13H2,1H3. The van der Waals surface area contributed by atoms with E-state index in [2.05, 4.69) is 17.1 Å². The van der Waals surface area contributed by atoms with Crippen molar-refractivity contribution in [1.29, 1.82) is 0 Å². The minimum absolute atomic E-state index is 0.224. The molecule has 0 aliphatic carbocycles. The van der Waals surface area contributed by atoms with Gasteiger partial charge in [-0.15, -0.1) is 0 Å². The van der Waals surface area contributed by atoms with Gasteiger partial charge in [0.05, 0.1) is 5.71 Å². The van der Waals surface area contributed by atoms with Gasteiger partial charge in [-0.1, -0.05) is 30.3 Å². The monoisotopic (exact) mass is 258 g/mol. The molecule has 1 aliphatic rings. The van der Waals surface area contributed by atoms with Crippen LogP contribution in [0.15, 0.2) is 35.4 Å². The van der Waals surface area contributed by atoms with Crippen LogP contribution in [0.25, 0.3) is 0 Å². The van der Waals surface area contributed by atoms with E-state index in [-0.39, 0.29) is 5.78 Å². The predicted molar refractivity (Wildman–Crippen MR) is 78.3 cm³/mol. The topological polar surface area (TPSA) is 32.7 Å². The second-order valence-electron chi connectivity index (χ2n) is 5.13. The largest absolute Gasteiger partial charge is 0.300 e. The molecule has 102 valence electrons. The highest BCUT2D eigenvalue weighted by molar-refractivity contribution is 6.01. The van der Waals surface area contributed by atoms with Crippen molar-refractivity contribution < 1.29 is 4.79 Å². The van der Waals surface area contributed by atoms with Crippen molar-refractivity contribution >= 4 is 11.5 Å². The van der Waals surface area contributed by atoms with Crippen molar-refractivity contribution in [2.24, 2.45) is 5.10 Å². The number of benzene rings is 1. The average Bonchev–Trinajstić information content (AvgIpc) is 2.45. The third-order valence-electron chi connectivity index (χ3n) is 3.42. The Morgan fingerprint density at radius 3 is 2.42 bits per heavy atom. The van der Waals surface area contributed by atoms with E-state index in [9.17, 15) is 4.79 Å². The van der Waals surface area contributed by atoms with Gasteiger partial charge in [0.2, 0.25) is 0 Å². The molecule has 0 atom stereocenters. The molecule has 0 amide bonds. The van der Waals surface area contributed by atoms with Crippen LogP contribution in [0.5, 0.6) is 0 Å². The van der Waals surface area contributed by atoms with Crippen molar-refractivity contribution in [3.63, 3.8) is 0 Å². The van der Waals surface area contributed by atoms with Crippen LogP contribution in [0.3, 0.4) is 0 Å². The van der Waals surface area contributed by atoms with Crippen molar-refractivity contribution in [3.8, 4) is 0 Å². The summed E-state index contributed by atoms with van der Waals surface area (Å²) in [7, 11) is 0. The molecule has 1 aromatic rings. The minimum atomic E-state index is 0.224. The summed E-state index contributed by atoms with van der Waals surface area (Å²) in [6.45, 7) is 3.72. The highest BCUT2D eigenvalue weighted by atomic mass is 16.1. The van der Waals surface area contributed by atoms with Crippen LogP contribution in [0.4, 0.5) is 0 Å². The molecule has 0 bridgehead atoms. The number of hydrazone groups is 1. The fourth-order valence-corrected chi connectivity index (χ4v) is 2.32. The fraction of sp³-hybridized carbons (Fsp3) is 0.500. The van der Waals surface area contributed by atoms with E-state index in [1.807, 2.05) is 18.2 Å². The van der Waals surface area contributed by atoms with Crippen LogP contribution in [-0.4, -0.2) is 29.6 Å². The number of Topliss-reactive ketones (excluding diaryl/α,β-unsaturated/α-hetero) is 1.